The highest BCUT2D eigenvalue weighted by Gasteiger charge is 2.23. The number of hydrogen-bond donors (Lipinski definition) is 1. The van der Waals surface area contributed by atoms with Crippen molar-refractivity contribution in [2.45, 2.75) is 25.8 Å². The summed E-state index contributed by atoms with van der Waals surface area (Å²) in [6.45, 7) is 6.63. The third-order valence-electron chi connectivity index (χ3n) is 4.66. The minimum absolute atomic E-state index is 0.347. The second kappa shape index (κ2) is 7.51. The molecule has 1 atom stereocenters. The van der Waals surface area contributed by atoms with Gasteiger partial charge in [-0.15, -0.1) is 0 Å². The van der Waals surface area contributed by atoms with Crippen molar-refractivity contribution in [3.05, 3.63) is 60.2 Å². The van der Waals surface area contributed by atoms with Gasteiger partial charge in [0.2, 0.25) is 0 Å². The topological polar surface area (TPSA) is 26.7 Å². The maximum Gasteiger partial charge on any atom is 0.117 e. The Morgan fingerprint density at radius 1 is 1.04 bits per heavy atom. The minimum atomic E-state index is 0.347. The van der Waals surface area contributed by atoms with E-state index >= 15 is 0 Å². The lowest BCUT2D eigenvalue weighted by Gasteiger charge is -2.41. The fraction of sp³-hybridized carbons (Fsp3) is 0.400. The maximum atomic E-state index is 9.67. The molecule has 1 aliphatic heterocycles. The van der Waals surface area contributed by atoms with Crippen LogP contribution in [-0.4, -0.2) is 42.2 Å². The summed E-state index contributed by atoms with van der Waals surface area (Å²) in [6, 6.07) is 18.8. The molecule has 1 saturated heterocycles. The second-order valence-electron chi connectivity index (χ2n) is 6.45. The molecule has 0 amide bonds. The van der Waals surface area contributed by atoms with Gasteiger partial charge >= 0.3 is 0 Å². The van der Waals surface area contributed by atoms with Gasteiger partial charge in [-0.25, -0.2) is 0 Å². The predicted octanol–water partition coefficient (Wildman–Crippen LogP) is 3.54. The SMILES string of the molecule is C[C@H]1CN(CCCc2ccccc2)CCN1c1cccc(O)c1. The van der Waals surface area contributed by atoms with Crippen LogP contribution in [0.5, 0.6) is 5.75 Å². The van der Waals surface area contributed by atoms with E-state index in [9.17, 15) is 5.11 Å². The molecule has 0 aromatic heterocycles. The van der Waals surface area contributed by atoms with Gasteiger partial charge in [0.05, 0.1) is 0 Å². The normalized spacial score (nSPS) is 19.0. The summed E-state index contributed by atoms with van der Waals surface area (Å²) >= 11 is 0. The Balaban J connectivity index is 1.48. The third kappa shape index (κ3) is 4.26. The van der Waals surface area contributed by atoms with E-state index in [-0.39, 0.29) is 0 Å². The van der Waals surface area contributed by atoms with Gasteiger partial charge in [0.15, 0.2) is 0 Å². The van der Waals surface area contributed by atoms with Crippen molar-refractivity contribution in [3.63, 3.8) is 0 Å². The van der Waals surface area contributed by atoms with Crippen LogP contribution in [0.2, 0.25) is 0 Å². The van der Waals surface area contributed by atoms with E-state index in [2.05, 4.69) is 53.1 Å². The summed E-state index contributed by atoms with van der Waals surface area (Å²) in [4.78, 5) is 4.96. The number of phenols is 1. The number of piperazine rings is 1. The monoisotopic (exact) mass is 310 g/mol. The lowest BCUT2D eigenvalue weighted by atomic mass is 10.1. The Morgan fingerprint density at radius 3 is 2.61 bits per heavy atom. The molecule has 1 heterocycles. The van der Waals surface area contributed by atoms with Gasteiger partial charge in [-0.05, 0) is 44.0 Å². The summed E-state index contributed by atoms with van der Waals surface area (Å²) in [7, 11) is 0. The van der Waals surface area contributed by atoms with E-state index < -0.39 is 0 Å². The van der Waals surface area contributed by atoms with Gasteiger partial charge in [-0.3, -0.25) is 4.90 Å². The Kier molecular flexibility index (Phi) is 5.19. The molecule has 2 aromatic rings. The van der Waals surface area contributed by atoms with E-state index in [0.29, 0.717) is 11.8 Å². The molecule has 1 N–H and O–H groups in total. The third-order valence-corrected chi connectivity index (χ3v) is 4.66. The number of aryl methyl sites for hydroxylation is 1. The molecule has 0 aliphatic carbocycles. The van der Waals surface area contributed by atoms with Crippen molar-refractivity contribution in [2.24, 2.45) is 0 Å². The van der Waals surface area contributed by atoms with Crippen LogP contribution in [0.25, 0.3) is 0 Å². The average molecular weight is 310 g/mol. The van der Waals surface area contributed by atoms with Crippen LogP contribution in [0.4, 0.5) is 5.69 Å². The number of nitrogens with zero attached hydrogens (tertiary/aromatic N) is 2. The lowest BCUT2D eigenvalue weighted by molar-refractivity contribution is 0.226. The van der Waals surface area contributed by atoms with Crippen molar-refractivity contribution < 1.29 is 5.11 Å². The number of phenolic OH excluding ortho intramolecular Hbond substituents is 1. The molecule has 0 bridgehead atoms. The molecule has 2 aromatic carbocycles. The van der Waals surface area contributed by atoms with Crippen molar-refractivity contribution in [2.75, 3.05) is 31.1 Å². The van der Waals surface area contributed by atoms with Crippen LogP contribution in [-0.2, 0) is 6.42 Å². The quantitative estimate of drug-likeness (QED) is 0.915. The van der Waals surface area contributed by atoms with E-state index in [1.165, 1.54) is 12.0 Å². The first-order chi connectivity index (χ1) is 11.2. The highest BCUT2D eigenvalue weighted by molar-refractivity contribution is 5.51. The molecule has 0 radical (unpaired) electrons. The van der Waals surface area contributed by atoms with Crippen LogP contribution in [0, 0.1) is 0 Å². The van der Waals surface area contributed by atoms with E-state index in [1.54, 1.807) is 6.07 Å². The van der Waals surface area contributed by atoms with Crippen molar-refractivity contribution in [3.8, 4) is 5.75 Å². The number of anilines is 1. The maximum absolute atomic E-state index is 9.67. The summed E-state index contributed by atoms with van der Waals surface area (Å²) in [5, 5.41) is 9.67. The molecule has 3 nitrogen and oxygen atoms in total. The van der Waals surface area contributed by atoms with Gasteiger partial charge < -0.3 is 10.0 Å². The van der Waals surface area contributed by atoms with Crippen LogP contribution >= 0.6 is 0 Å². The fourth-order valence-electron chi connectivity index (χ4n) is 3.44. The molecule has 0 unspecified atom stereocenters. The largest absolute Gasteiger partial charge is 0.508 e. The van der Waals surface area contributed by atoms with Gasteiger partial charge in [0.1, 0.15) is 5.75 Å². The molecule has 23 heavy (non-hydrogen) atoms. The summed E-state index contributed by atoms with van der Waals surface area (Å²) < 4.78 is 0. The zero-order valence-electron chi connectivity index (χ0n) is 13.9. The number of aromatic hydroxyl groups is 1. The standard InChI is InChI=1S/C20H26N2O/c1-17-16-21(12-6-9-18-7-3-2-4-8-18)13-14-22(17)19-10-5-11-20(23)15-19/h2-5,7-8,10-11,15,17,23H,6,9,12-14,16H2,1H3/t17-/m0/s1. The predicted molar refractivity (Wildman–Crippen MR) is 96.1 cm³/mol. The van der Waals surface area contributed by atoms with E-state index in [4.69, 9.17) is 0 Å². The van der Waals surface area contributed by atoms with Gasteiger partial charge in [0.25, 0.3) is 0 Å². The van der Waals surface area contributed by atoms with Crippen LogP contribution in [0.15, 0.2) is 54.6 Å². The van der Waals surface area contributed by atoms with Crippen molar-refractivity contribution in [1.29, 1.82) is 0 Å². The zero-order chi connectivity index (χ0) is 16.1. The first-order valence-electron chi connectivity index (χ1n) is 8.54. The summed E-state index contributed by atoms with van der Waals surface area (Å²) in [6.07, 6.45) is 2.37. The highest BCUT2D eigenvalue weighted by Crippen LogP contribution is 2.24. The van der Waals surface area contributed by atoms with E-state index in [0.717, 1.165) is 38.3 Å². The smallest absolute Gasteiger partial charge is 0.117 e. The Bertz CT molecular complexity index is 614. The van der Waals surface area contributed by atoms with Gasteiger partial charge in [-0.2, -0.15) is 0 Å². The molecule has 1 aliphatic rings. The summed E-state index contributed by atoms with van der Waals surface area (Å²) in [5.41, 5.74) is 2.56. The molecular formula is C20H26N2O. The molecule has 1 fully saturated rings. The molecule has 3 rings (SSSR count). The summed E-state index contributed by atoms with van der Waals surface area (Å²) in [5.74, 6) is 0.347. The molecule has 0 spiro atoms. The number of hydrogen-bond acceptors (Lipinski definition) is 3. The van der Waals surface area contributed by atoms with Crippen LogP contribution < -0.4 is 4.90 Å². The second-order valence-corrected chi connectivity index (χ2v) is 6.45. The van der Waals surface area contributed by atoms with Crippen molar-refractivity contribution in [1.82, 2.24) is 4.90 Å². The Morgan fingerprint density at radius 2 is 1.87 bits per heavy atom. The lowest BCUT2D eigenvalue weighted by Crippen LogP contribution is -2.52. The van der Waals surface area contributed by atoms with E-state index in [1.807, 2.05) is 12.1 Å². The van der Waals surface area contributed by atoms with Gasteiger partial charge in [-0.1, -0.05) is 36.4 Å². The molecule has 3 heteroatoms. The molecular weight excluding hydrogens is 284 g/mol. The molecule has 0 saturated carbocycles. The average Bonchev–Trinajstić information content (AvgIpc) is 2.56. The first-order valence-corrected chi connectivity index (χ1v) is 8.54. The van der Waals surface area contributed by atoms with Crippen LogP contribution in [0.1, 0.15) is 18.9 Å². The van der Waals surface area contributed by atoms with Gasteiger partial charge in [0, 0.05) is 37.4 Å². The number of rotatable bonds is 5. The fourth-order valence-corrected chi connectivity index (χ4v) is 3.44. The Labute approximate surface area is 139 Å². The zero-order valence-corrected chi connectivity index (χ0v) is 13.9. The minimum Gasteiger partial charge on any atom is -0.508 e. The van der Waals surface area contributed by atoms with Crippen molar-refractivity contribution >= 4 is 5.69 Å². The number of benzene rings is 2. The Hall–Kier alpha value is -2.00. The van der Waals surface area contributed by atoms with Crippen LogP contribution in [0.3, 0.4) is 0 Å². The highest BCUT2D eigenvalue weighted by atomic mass is 16.3. The molecule has 122 valence electrons. The first kappa shape index (κ1) is 15.9.